The highest BCUT2D eigenvalue weighted by atomic mass is 16.2. The van der Waals surface area contributed by atoms with Crippen LogP contribution in [0.25, 0.3) is 0 Å². The number of carbonyl (C=O) groups is 1. The van der Waals surface area contributed by atoms with Crippen molar-refractivity contribution in [3.8, 4) is 0 Å². The molecule has 2 fully saturated rings. The van der Waals surface area contributed by atoms with Gasteiger partial charge in [-0.3, -0.25) is 14.5 Å². The normalized spacial score (nSPS) is 22.7. The molecule has 33 heavy (non-hydrogen) atoms. The molecule has 1 aromatic heterocycles. The number of aryl methyl sites for hydroxylation is 1. The first-order valence-electron chi connectivity index (χ1n) is 12.6. The fourth-order valence-electron chi connectivity index (χ4n) is 6.12. The van der Waals surface area contributed by atoms with Gasteiger partial charge >= 0.3 is 0 Å². The van der Waals surface area contributed by atoms with E-state index >= 15 is 0 Å². The van der Waals surface area contributed by atoms with E-state index in [0.717, 1.165) is 74.9 Å². The summed E-state index contributed by atoms with van der Waals surface area (Å²) in [7, 11) is 0. The van der Waals surface area contributed by atoms with Crippen LogP contribution in [0.5, 0.6) is 0 Å². The summed E-state index contributed by atoms with van der Waals surface area (Å²) < 4.78 is 0. The summed E-state index contributed by atoms with van der Waals surface area (Å²) in [6.45, 7) is 8.78. The van der Waals surface area contributed by atoms with Crippen molar-refractivity contribution in [3.05, 3.63) is 62.8 Å². The number of likely N-dealkylation sites (tertiary alicyclic amines) is 1. The van der Waals surface area contributed by atoms with Crippen LogP contribution in [-0.4, -0.2) is 44.8 Å². The number of H-pyrrole nitrogens is 1. The van der Waals surface area contributed by atoms with Crippen molar-refractivity contribution in [3.63, 3.8) is 0 Å². The van der Waals surface area contributed by atoms with Crippen LogP contribution in [0.15, 0.2) is 29.1 Å². The molecular weight excluding hydrogens is 412 g/mol. The zero-order valence-corrected chi connectivity index (χ0v) is 20.2. The molecule has 1 amide bonds. The molecule has 1 saturated heterocycles. The predicted molar refractivity (Wildman–Crippen MR) is 129 cm³/mol. The van der Waals surface area contributed by atoms with Gasteiger partial charge in [0.05, 0.1) is 17.2 Å². The highest BCUT2D eigenvalue weighted by Crippen LogP contribution is 2.45. The predicted octanol–water partition coefficient (Wildman–Crippen LogP) is 4.02. The molecule has 1 atom stereocenters. The minimum absolute atomic E-state index is 0.0215. The van der Waals surface area contributed by atoms with E-state index in [1.165, 1.54) is 5.56 Å². The van der Waals surface area contributed by atoms with Gasteiger partial charge in [-0.15, -0.1) is 0 Å². The molecule has 0 spiro atoms. The molecule has 2 aromatic rings. The zero-order valence-electron chi connectivity index (χ0n) is 20.2. The molecule has 5 rings (SSSR count). The van der Waals surface area contributed by atoms with Crippen LogP contribution in [-0.2, 0) is 23.2 Å². The molecule has 0 bridgehead atoms. The lowest BCUT2D eigenvalue weighted by atomic mass is 9.77. The molecule has 3 aliphatic rings. The molecule has 2 aliphatic heterocycles. The number of amides is 1. The first kappa shape index (κ1) is 22.3. The first-order valence-corrected chi connectivity index (χ1v) is 12.6. The second-order valence-electron chi connectivity index (χ2n) is 10.5. The molecule has 6 heteroatoms. The van der Waals surface area contributed by atoms with Crippen molar-refractivity contribution >= 4 is 5.91 Å². The molecular formula is C27H36N4O2. The van der Waals surface area contributed by atoms with Crippen molar-refractivity contribution in [2.24, 2.45) is 0 Å². The highest BCUT2D eigenvalue weighted by molar-refractivity contribution is 5.89. The molecule has 0 radical (unpaired) electrons. The van der Waals surface area contributed by atoms with Gasteiger partial charge in [-0.25, -0.2) is 4.98 Å². The minimum atomic E-state index is -0.445. The molecule has 1 aliphatic carbocycles. The number of hydrogen-bond donors (Lipinski definition) is 1. The molecule has 1 N–H and O–H groups in total. The average Bonchev–Trinajstić information content (AvgIpc) is 3.49. The Morgan fingerprint density at radius 1 is 1.12 bits per heavy atom. The van der Waals surface area contributed by atoms with Crippen LogP contribution in [0.2, 0.25) is 0 Å². The van der Waals surface area contributed by atoms with E-state index in [9.17, 15) is 9.59 Å². The van der Waals surface area contributed by atoms with Crippen LogP contribution >= 0.6 is 0 Å². The number of benzene rings is 1. The number of rotatable bonds is 4. The monoisotopic (exact) mass is 448 g/mol. The number of aromatic nitrogens is 2. The maximum Gasteiger partial charge on any atom is 0.254 e. The summed E-state index contributed by atoms with van der Waals surface area (Å²) in [5.41, 5.74) is 3.59. The van der Waals surface area contributed by atoms with Gasteiger partial charge < -0.3 is 9.88 Å². The van der Waals surface area contributed by atoms with Gasteiger partial charge in [0.2, 0.25) is 5.91 Å². The van der Waals surface area contributed by atoms with Crippen LogP contribution in [0, 0.1) is 6.92 Å². The third kappa shape index (κ3) is 3.92. The van der Waals surface area contributed by atoms with E-state index in [1.54, 1.807) is 0 Å². The van der Waals surface area contributed by atoms with E-state index < -0.39 is 5.41 Å². The number of hydrogen-bond acceptors (Lipinski definition) is 4. The SMILES string of the molecule is Cc1ccc(C2(C(=O)N3CCC[C@H]3c3nc4c(c(=O)[nH]3)CCN(C(C)C)C4)CCCC2)cc1. The summed E-state index contributed by atoms with van der Waals surface area (Å²) in [5, 5.41) is 0. The topological polar surface area (TPSA) is 69.3 Å². The molecule has 176 valence electrons. The van der Waals surface area contributed by atoms with Crippen molar-refractivity contribution in [2.45, 2.75) is 89.8 Å². The first-order chi connectivity index (χ1) is 15.9. The summed E-state index contributed by atoms with van der Waals surface area (Å²) >= 11 is 0. The Balaban J connectivity index is 1.48. The molecule has 6 nitrogen and oxygen atoms in total. The Bertz CT molecular complexity index is 1080. The van der Waals surface area contributed by atoms with Crippen molar-refractivity contribution in [1.82, 2.24) is 19.8 Å². The third-order valence-electron chi connectivity index (χ3n) is 8.15. The fraction of sp³-hybridized carbons (Fsp3) is 0.593. The summed E-state index contributed by atoms with van der Waals surface area (Å²) in [5.74, 6) is 0.891. The Kier molecular flexibility index (Phi) is 5.89. The van der Waals surface area contributed by atoms with Gasteiger partial charge in [-0.1, -0.05) is 42.7 Å². The number of carbonyl (C=O) groups excluding carboxylic acids is 1. The lowest BCUT2D eigenvalue weighted by molar-refractivity contribution is -0.138. The van der Waals surface area contributed by atoms with Crippen molar-refractivity contribution in [2.75, 3.05) is 13.1 Å². The van der Waals surface area contributed by atoms with Crippen LogP contribution in [0.1, 0.15) is 86.6 Å². The van der Waals surface area contributed by atoms with Crippen LogP contribution in [0.4, 0.5) is 0 Å². The molecule has 1 aromatic carbocycles. The Labute approximate surface area is 196 Å². The van der Waals surface area contributed by atoms with Crippen LogP contribution in [0.3, 0.4) is 0 Å². The largest absolute Gasteiger partial charge is 0.332 e. The van der Waals surface area contributed by atoms with Crippen LogP contribution < -0.4 is 5.56 Å². The van der Waals surface area contributed by atoms with Gasteiger partial charge in [0.25, 0.3) is 5.56 Å². The van der Waals surface area contributed by atoms with Gasteiger partial charge in [-0.2, -0.15) is 0 Å². The third-order valence-corrected chi connectivity index (χ3v) is 8.15. The standard InChI is InChI=1S/C27H36N4O2/c1-18(2)30-16-12-21-22(17-30)28-24(29-25(21)32)23-7-6-15-31(23)26(33)27(13-4-5-14-27)20-10-8-19(3)9-11-20/h8-11,18,23H,4-7,12-17H2,1-3H3,(H,28,29,32)/t23-/m0/s1. The average molecular weight is 449 g/mol. The highest BCUT2D eigenvalue weighted by Gasteiger charge is 2.48. The maximum absolute atomic E-state index is 14.2. The lowest BCUT2D eigenvalue weighted by Gasteiger charge is -2.36. The van der Waals surface area contributed by atoms with E-state index in [1.807, 2.05) is 4.90 Å². The number of nitrogens with one attached hydrogen (secondary N) is 1. The quantitative estimate of drug-likeness (QED) is 0.767. The summed E-state index contributed by atoms with van der Waals surface area (Å²) in [4.78, 5) is 39.5. The molecule has 3 heterocycles. The number of nitrogens with zero attached hydrogens (tertiary/aromatic N) is 3. The zero-order chi connectivity index (χ0) is 23.2. The summed E-state index contributed by atoms with van der Waals surface area (Å²) in [6, 6.07) is 8.80. The smallest absolute Gasteiger partial charge is 0.254 e. The minimum Gasteiger partial charge on any atom is -0.332 e. The van der Waals surface area contributed by atoms with E-state index in [0.29, 0.717) is 18.4 Å². The van der Waals surface area contributed by atoms with Gasteiger partial charge in [0.1, 0.15) is 5.82 Å². The van der Waals surface area contributed by atoms with Gasteiger partial charge in [0, 0.05) is 31.2 Å². The van der Waals surface area contributed by atoms with E-state index in [2.05, 4.69) is 54.9 Å². The maximum atomic E-state index is 14.2. The Morgan fingerprint density at radius 2 is 1.85 bits per heavy atom. The Morgan fingerprint density at radius 3 is 2.55 bits per heavy atom. The van der Waals surface area contributed by atoms with Crippen molar-refractivity contribution < 1.29 is 4.79 Å². The lowest BCUT2D eigenvalue weighted by Crippen LogP contribution is -2.46. The molecule has 1 saturated carbocycles. The Hall–Kier alpha value is -2.47. The van der Waals surface area contributed by atoms with E-state index in [4.69, 9.17) is 4.98 Å². The molecule has 0 unspecified atom stereocenters. The number of aromatic amines is 1. The van der Waals surface area contributed by atoms with Crippen molar-refractivity contribution in [1.29, 1.82) is 0 Å². The summed E-state index contributed by atoms with van der Waals surface area (Å²) in [6.07, 6.45) is 6.49. The fourth-order valence-corrected chi connectivity index (χ4v) is 6.12. The van der Waals surface area contributed by atoms with E-state index in [-0.39, 0.29) is 17.5 Å². The van der Waals surface area contributed by atoms with Gasteiger partial charge in [0.15, 0.2) is 0 Å². The number of fused-ring (bicyclic) bond motifs is 1. The van der Waals surface area contributed by atoms with Gasteiger partial charge in [-0.05, 0) is 58.4 Å². The second kappa shape index (κ2) is 8.71. The second-order valence-corrected chi connectivity index (χ2v) is 10.5.